The lowest BCUT2D eigenvalue weighted by Crippen LogP contribution is -2.48. The van der Waals surface area contributed by atoms with E-state index in [2.05, 4.69) is 15.2 Å². The van der Waals surface area contributed by atoms with E-state index in [4.69, 9.17) is 4.18 Å². The number of hydrazone groups is 1. The smallest absolute Gasteiger partial charge is 0.339 e. The van der Waals surface area contributed by atoms with Crippen molar-refractivity contribution in [3.63, 3.8) is 0 Å². The van der Waals surface area contributed by atoms with E-state index in [9.17, 15) is 21.6 Å². The first-order valence-corrected chi connectivity index (χ1v) is 14.3. The van der Waals surface area contributed by atoms with E-state index in [-0.39, 0.29) is 21.5 Å². The number of benzene rings is 3. The summed E-state index contributed by atoms with van der Waals surface area (Å²) in [7, 11) is -8.04. The molecule has 0 bridgehead atoms. The van der Waals surface area contributed by atoms with Gasteiger partial charge in [-0.05, 0) is 56.2 Å². The van der Waals surface area contributed by atoms with Gasteiger partial charge in [0, 0.05) is 5.56 Å². The molecule has 2 N–H and O–H groups in total. The third kappa shape index (κ3) is 7.48. The van der Waals surface area contributed by atoms with E-state index in [0.717, 1.165) is 11.1 Å². The number of hydrogen-bond acceptors (Lipinski definition) is 7. The molecule has 0 radical (unpaired) electrons. The van der Waals surface area contributed by atoms with Crippen LogP contribution >= 0.6 is 0 Å². The number of nitrogens with zero attached hydrogens (tertiary/aromatic N) is 1. The molecule has 0 aliphatic carbocycles. The second-order valence-corrected chi connectivity index (χ2v) is 12.0. The van der Waals surface area contributed by atoms with Crippen molar-refractivity contribution in [2.24, 2.45) is 11.0 Å². The topological polar surface area (TPSA) is 131 Å². The van der Waals surface area contributed by atoms with Crippen molar-refractivity contribution in [3.8, 4) is 5.75 Å². The summed E-state index contributed by atoms with van der Waals surface area (Å²) >= 11 is 0. The lowest BCUT2D eigenvalue weighted by Gasteiger charge is -2.20. The second-order valence-electron chi connectivity index (χ2n) is 8.78. The number of sulfonamides is 1. The maximum absolute atomic E-state index is 12.8. The molecule has 0 heterocycles. The second kappa shape index (κ2) is 11.7. The molecule has 1 amide bonds. The molecule has 0 aliphatic heterocycles. The van der Waals surface area contributed by atoms with Gasteiger partial charge in [0.1, 0.15) is 10.9 Å². The Morgan fingerprint density at radius 1 is 0.838 bits per heavy atom. The number of amides is 1. The summed E-state index contributed by atoms with van der Waals surface area (Å²) in [6, 6.07) is 17.7. The van der Waals surface area contributed by atoms with Crippen LogP contribution < -0.4 is 14.3 Å². The highest BCUT2D eigenvalue weighted by atomic mass is 32.2. The van der Waals surface area contributed by atoms with Gasteiger partial charge < -0.3 is 4.18 Å². The van der Waals surface area contributed by atoms with Gasteiger partial charge in [-0.1, -0.05) is 61.4 Å². The first kappa shape index (κ1) is 28.0. The van der Waals surface area contributed by atoms with Crippen molar-refractivity contribution in [3.05, 3.63) is 89.5 Å². The van der Waals surface area contributed by atoms with Crippen LogP contribution in [0.4, 0.5) is 0 Å². The van der Waals surface area contributed by atoms with Crippen LogP contribution in [0.2, 0.25) is 0 Å². The Balaban J connectivity index is 1.73. The third-order valence-electron chi connectivity index (χ3n) is 5.37. The molecule has 0 spiro atoms. The minimum Gasteiger partial charge on any atom is -0.378 e. The Labute approximate surface area is 217 Å². The van der Waals surface area contributed by atoms with Gasteiger partial charge in [-0.2, -0.15) is 18.2 Å². The van der Waals surface area contributed by atoms with Crippen molar-refractivity contribution < 1.29 is 25.8 Å². The summed E-state index contributed by atoms with van der Waals surface area (Å²) in [4.78, 5) is 12.8. The molecular weight excluding hydrogens is 514 g/mol. The fourth-order valence-corrected chi connectivity index (χ4v) is 5.51. The maximum atomic E-state index is 12.8. The van der Waals surface area contributed by atoms with Gasteiger partial charge in [-0.15, -0.1) is 0 Å². The Kier molecular flexibility index (Phi) is 8.85. The first-order valence-electron chi connectivity index (χ1n) is 11.4. The Bertz CT molecular complexity index is 1480. The molecular formula is C26H29N3O6S2. The molecule has 0 aliphatic rings. The van der Waals surface area contributed by atoms with Crippen LogP contribution in [-0.4, -0.2) is 35.0 Å². The predicted molar refractivity (Wildman–Crippen MR) is 141 cm³/mol. The number of para-hydroxylation sites is 1. The molecule has 9 nitrogen and oxygen atoms in total. The van der Waals surface area contributed by atoms with Crippen LogP contribution in [0, 0.1) is 19.8 Å². The van der Waals surface area contributed by atoms with Gasteiger partial charge in [-0.3, -0.25) is 4.79 Å². The SMILES string of the molecule is Cc1ccc(S(=O)(=O)N[C@H](C(=O)N/N=C\c2ccccc2OS(=O)(=O)c2ccc(C)cc2)C(C)C)cc1. The van der Waals surface area contributed by atoms with E-state index >= 15 is 0 Å². The third-order valence-corrected chi connectivity index (χ3v) is 8.07. The number of carbonyl (C=O) groups excluding carboxylic acids is 1. The highest BCUT2D eigenvalue weighted by Gasteiger charge is 2.28. The highest BCUT2D eigenvalue weighted by molar-refractivity contribution is 7.89. The lowest BCUT2D eigenvalue weighted by atomic mass is 10.1. The summed E-state index contributed by atoms with van der Waals surface area (Å²) < 4.78 is 58.6. The molecule has 1 atom stereocenters. The number of aryl methyl sites for hydroxylation is 2. The molecule has 3 aromatic rings. The Morgan fingerprint density at radius 2 is 1.38 bits per heavy atom. The maximum Gasteiger partial charge on any atom is 0.339 e. The standard InChI is InChI=1S/C26H29N3O6S2/c1-18(2)25(29-36(31,32)22-13-9-19(3)10-14-22)26(30)28-27-17-21-7-5-6-8-24(21)35-37(33,34)23-15-11-20(4)12-16-23/h5-18,25,29H,1-4H3,(H,28,30)/b27-17-/t25-/m0/s1. The van der Waals surface area contributed by atoms with Crippen molar-refractivity contribution in [1.82, 2.24) is 10.1 Å². The summed E-state index contributed by atoms with van der Waals surface area (Å²) in [5.41, 5.74) is 4.42. The average molecular weight is 544 g/mol. The molecule has 0 aromatic heterocycles. The summed E-state index contributed by atoms with van der Waals surface area (Å²) in [5, 5.41) is 3.90. The van der Waals surface area contributed by atoms with E-state index < -0.39 is 32.1 Å². The van der Waals surface area contributed by atoms with E-state index in [1.54, 1.807) is 56.3 Å². The molecule has 0 fully saturated rings. The van der Waals surface area contributed by atoms with Gasteiger partial charge >= 0.3 is 10.1 Å². The van der Waals surface area contributed by atoms with Crippen LogP contribution in [-0.2, 0) is 24.9 Å². The highest BCUT2D eigenvalue weighted by Crippen LogP contribution is 2.22. The monoisotopic (exact) mass is 543 g/mol. The Morgan fingerprint density at radius 3 is 1.95 bits per heavy atom. The van der Waals surface area contributed by atoms with Crippen molar-refractivity contribution >= 4 is 32.3 Å². The normalized spacial score (nSPS) is 13.0. The van der Waals surface area contributed by atoms with Gasteiger partial charge in [0.15, 0.2) is 5.75 Å². The van der Waals surface area contributed by atoms with Crippen LogP contribution in [0.15, 0.2) is 87.7 Å². The molecule has 0 unspecified atom stereocenters. The number of nitrogens with one attached hydrogen (secondary N) is 2. The molecule has 11 heteroatoms. The zero-order valence-corrected chi connectivity index (χ0v) is 22.5. The van der Waals surface area contributed by atoms with Gasteiger partial charge in [0.2, 0.25) is 10.0 Å². The quantitative estimate of drug-likeness (QED) is 0.229. The fourth-order valence-electron chi connectivity index (χ4n) is 3.21. The largest absolute Gasteiger partial charge is 0.378 e. The lowest BCUT2D eigenvalue weighted by molar-refractivity contribution is -0.123. The number of carbonyl (C=O) groups is 1. The zero-order valence-electron chi connectivity index (χ0n) is 20.9. The average Bonchev–Trinajstić information content (AvgIpc) is 2.84. The zero-order chi connectivity index (χ0) is 27.2. The molecule has 0 saturated heterocycles. The molecule has 3 rings (SSSR count). The van der Waals surface area contributed by atoms with Crippen LogP contribution in [0.5, 0.6) is 5.75 Å². The summed E-state index contributed by atoms with van der Waals surface area (Å²) in [6.07, 6.45) is 1.23. The minimum atomic E-state index is -4.09. The van der Waals surface area contributed by atoms with E-state index in [0.29, 0.717) is 5.56 Å². The molecule has 37 heavy (non-hydrogen) atoms. The predicted octanol–water partition coefficient (Wildman–Crippen LogP) is 3.52. The molecule has 0 saturated carbocycles. The first-order chi connectivity index (χ1) is 17.4. The van der Waals surface area contributed by atoms with Gasteiger partial charge in [-0.25, -0.2) is 13.8 Å². The van der Waals surface area contributed by atoms with Crippen molar-refractivity contribution in [2.45, 2.75) is 43.5 Å². The van der Waals surface area contributed by atoms with Crippen LogP contribution in [0.3, 0.4) is 0 Å². The van der Waals surface area contributed by atoms with Crippen LogP contribution in [0.1, 0.15) is 30.5 Å². The van der Waals surface area contributed by atoms with E-state index in [1.807, 2.05) is 13.8 Å². The summed E-state index contributed by atoms with van der Waals surface area (Å²) in [6.45, 7) is 7.08. The van der Waals surface area contributed by atoms with Gasteiger partial charge in [0.25, 0.3) is 5.91 Å². The fraction of sp³-hybridized carbons (Fsp3) is 0.231. The Hall–Kier alpha value is -3.54. The van der Waals surface area contributed by atoms with Crippen molar-refractivity contribution in [2.75, 3.05) is 0 Å². The van der Waals surface area contributed by atoms with Crippen molar-refractivity contribution in [1.29, 1.82) is 0 Å². The minimum absolute atomic E-state index is 0.00113. The molecule has 196 valence electrons. The molecule has 3 aromatic carbocycles. The number of rotatable bonds is 10. The van der Waals surface area contributed by atoms with E-state index in [1.165, 1.54) is 36.5 Å². The number of hydrogen-bond donors (Lipinski definition) is 2. The van der Waals surface area contributed by atoms with Gasteiger partial charge in [0.05, 0.1) is 11.1 Å². The van der Waals surface area contributed by atoms with Crippen LogP contribution in [0.25, 0.3) is 0 Å². The summed E-state index contributed by atoms with van der Waals surface area (Å²) in [5.74, 6) is -1.04.